The SMILES string of the molecule is c1ccc2c(c1)Cc1c-2ccc2c1Cc1ccc3c4ccccc4n4ccnc4c3c1-2. The maximum atomic E-state index is 4.82. The van der Waals surface area contributed by atoms with Crippen LogP contribution in [-0.4, -0.2) is 9.38 Å². The summed E-state index contributed by atoms with van der Waals surface area (Å²) in [7, 11) is 0. The van der Waals surface area contributed by atoms with E-state index in [2.05, 4.69) is 83.4 Å². The van der Waals surface area contributed by atoms with E-state index in [9.17, 15) is 0 Å². The molecule has 2 heteroatoms. The van der Waals surface area contributed by atoms with Crippen LogP contribution in [0.2, 0.25) is 0 Å². The average Bonchev–Trinajstić information content (AvgIpc) is 3.53. The van der Waals surface area contributed by atoms with E-state index in [-0.39, 0.29) is 0 Å². The van der Waals surface area contributed by atoms with Crippen LogP contribution in [0.3, 0.4) is 0 Å². The molecule has 0 unspecified atom stereocenters. The highest BCUT2D eigenvalue weighted by Crippen LogP contribution is 2.49. The van der Waals surface area contributed by atoms with Crippen LogP contribution in [0.15, 0.2) is 85.2 Å². The molecule has 0 atom stereocenters. The van der Waals surface area contributed by atoms with E-state index in [0.717, 1.165) is 18.5 Å². The van der Waals surface area contributed by atoms with E-state index in [1.807, 2.05) is 6.20 Å². The Kier molecular flexibility index (Phi) is 2.77. The molecule has 144 valence electrons. The molecule has 0 saturated carbocycles. The van der Waals surface area contributed by atoms with Crippen LogP contribution in [0.5, 0.6) is 0 Å². The number of nitrogens with zero attached hydrogens (tertiary/aromatic N) is 2. The lowest BCUT2D eigenvalue weighted by molar-refractivity contribution is 1.16. The van der Waals surface area contributed by atoms with Crippen LogP contribution >= 0.6 is 0 Å². The summed E-state index contributed by atoms with van der Waals surface area (Å²) in [4.78, 5) is 4.82. The van der Waals surface area contributed by atoms with Crippen molar-refractivity contribution in [3.63, 3.8) is 0 Å². The Morgan fingerprint density at radius 3 is 2.45 bits per heavy atom. The zero-order valence-corrected chi connectivity index (χ0v) is 16.9. The molecular formula is C29H18N2. The Bertz CT molecular complexity index is 1740. The van der Waals surface area contributed by atoms with E-state index in [1.54, 1.807) is 0 Å². The molecule has 0 N–H and O–H groups in total. The number of aromatic nitrogens is 2. The predicted octanol–water partition coefficient (Wildman–Crippen LogP) is 6.78. The molecule has 31 heavy (non-hydrogen) atoms. The lowest BCUT2D eigenvalue weighted by atomic mass is 9.94. The lowest BCUT2D eigenvalue weighted by Gasteiger charge is -2.13. The molecule has 2 nitrogen and oxygen atoms in total. The number of para-hydroxylation sites is 1. The smallest absolute Gasteiger partial charge is 0.145 e. The van der Waals surface area contributed by atoms with Gasteiger partial charge in [-0.2, -0.15) is 0 Å². The van der Waals surface area contributed by atoms with Crippen LogP contribution in [0.4, 0.5) is 0 Å². The highest BCUT2D eigenvalue weighted by Gasteiger charge is 2.29. The highest BCUT2D eigenvalue weighted by molar-refractivity contribution is 6.18. The number of fused-ring (bicyclic) bond motifs is 14. The van der Waals surface area contributed by atoms with E-state index in [0.29, 0.717) is 0 Å². The maximum Gasteiger partial charge on any atom is 0.145 e. The summed E-state index contributed by atoms with van der Waals surface area (Å²) in [6, 6.07) is 26.9. The number of hydrogen-bond donors (Lipinski definition) is 0. The van der Waals surface area contributed by atoms with Gasteiger partial charge in [-0.15, -0.1) is 0 Å². The van der Waals surface area contributed by atoms with Gasteiger partial charge in [-0.3, -0.25) is 4.40 Å². The summed E-state index contributed by atoms with van der Waals surface area (Å²) >= 11 is 0. The van der Waals surface area contributed by atoms with Crippen LogP contribution in [0.25, 0.3) is 49.6 Å². The van der Waals surface area contributed by atoms with Gasteiger partial charge in [-0.1, -0.05) is 66.7 Å². The quantitative estimate of drug-likeness (QED) is 0.259. The van der Waals surface area contributed by atoms with E-state index < -0.39 is 0 Å². The lowest BCUT2D eigenvalue weighted by Crippen LogP contribution is -1.93. The molecule has 0 bridgehead atoms. The van der Waals surface area contributed by atoms with E-state index >= 15 is 0 Å². The summed E-state index contributed by atoms with van der Waals surface area (Å²) in [5, 5.41) is 3.87. The van der Waals surface area contributed by atoms with Crippen molar-refractivity contribution in [1.29, 1.82) is 0 Å². The number of benzene rings is 4. The molecule has 6 aromatic rings. The second-order valence-corrected chi connectivity index (χ2v) is 8.79. The van der Waals surface area contributed by atoms with Gasteiger partial charge in [-0.05, 0) is 68.8 Å². The highest BCUT2D eigenvalue weighted by atomic mass is 15.0. The molecule has 0 fully saturated rings. The molecule has 4 aromatic carbocycles. The van der Waals surface area contributed by atoms with E-state index in [1.165, 1.54) is 66.2 Å². The molecule has 0 spiro atoms. The molecule has 2 heterocycles. The Balaban J connectivity index is 1.51. The third kappa shape index (κ3) is 1.87. The molecule has 0 radical (unpaired) electrons. The van der Waals surface area contributed by atoms with E-state index in [4.69, 9.17) is 4.98 Å². The Hall–Kier alpha value is -3.91. The molecular weight excluding hydrogens is 376 g/mol. The van der Waals surface area contributed by atoms with Gasteiger partial charge in [0.25, 0.3) is 0 Å². The third-order valence-electron chi connectivity index (χ3n) is 7.35. The summed E-state index contributed by atoms with van der Waals surface area (Å²) in [6.45, 7) is 0. The van der Waals surface area contributed by atoms with Crippen LogP contribution < -0.4 is 0 Å². The number of rotatable bonds is 0. The Labute approximate surface area is 179 Å². The van der Waals surface area contributed by atoms with Crippen molar-refractivity contribution in [3.05, 3.63) is 107 Å². The van der Waals surface area contributed by atoms with Gasteiger partial charge in [0.05, 0.1) is 5.52 Å². The second-order valence-electron chi connectivity index (χ2n) is 8.79. The average molecular weight is 394 g/mol. The number of hydrogen-bond acceptors (Lipinski definition) is 1. The number of pyridine rings is 1. The standard InChI is InChI=1S/C29H18N2/c1-2-6-19-17(5-1)15-24-20(19)11-12-23-25(24)16-18-9-10-22-21-7-3-4-8-26(21)31-14-13-30-29(31)28(22)27(18)23/h1-14H,15-16H2. The van der Waals surface area contributed by atoms with Crippen molar-refractivity contribution in [2.24, 2.45) is 0 Å². The molecule has 2 aliphatic carbocycles. The van der Waals surface area contributed by atoms with Gasteiger partial charge in [0.2, 0.25) is 0 Å². The summed E-state index contributed by atoms with van der Waals surface area (Å²) < 4.78 is 2.25. The third-order valence-corrected chi connectivity index (χ3v) is 7.35. The van der Waals surface area contributed by atoms with Crippen molar-refractivity contribution < 1.29 is 0 Å². The van der Waals surface area contributed by atoms with Crippen molar-refractivity contribution in [2.75, 3.05) is 0 Å². The first-order valence-corrected chi connectivity index (χ1v) is 10.9. The molecule has 0 amide bonds. The number of imidazole rings is 1. The topological polar surface area (TPSA) is 17.3 Å². The molecule has 2 aliphatic rings. The predicted molar refractivity (Wildman–Crippen MR) is 127 cm³/mol. The van der Waals surface area contributed by atoms with Crippen molar-refractivity contribution >= 4 is 27.3 Å². The first-order chi connectivity index (χ1) is 15.4. The summed E-state index contributed by atoms with van der Waals surface area (Å²) in [5.74, 6) is 0. The van der Waals surface area contributed by atoms with Gasteiger partial charge in [0.15, 0.2) is 0 Å². The minimum absolute atomic E-state index is 1.01. The van der Waals surface area contributed by atoms with Crippen LogP contribution in [-0.2, 0) is 12.8 Å². The largest absolute Gasteiger partial charge is 0.299 e. The molecule has 2 aromatic heterocycles. The second kappa shape index (κ2) is 5.41. The Morgan fingerprint density at radius 1 is 0.645 bits per heavy atom. The fourth-order valence-electron chi connectivity index (χ4n) is 6.05. The van der Waals surface area contributed by atoms with Gasteiger partial charge in [0, 0.05) is 23.2 Å². The summed E-state index contributed by atoms with van der Waals surface area (Å²) in [6.07, 6.45) is 6.07. The zero-order valence-electron chi connectivity index (χ0n) is 16.9. The van der Waals surface area contributed by atoms with Crippen LogP contribution in [0, 0.1) is 0 Å². The molecule has 0 saturated heterocycles. The molecule has 8 rings (SSSR count). The minimum atomic E-state index is 1.01. The minimum Gasteiger partial charge on any atom is -0.299 e. The van der Waals surface area contributed by atoms with Gasteiger partial charge in [-0.25, -0.2) is 4.98 Å². The molecule has 0 aliphatic heterocycles. The van der Waals surface area contributed by atoms with Gasteiger partial charge >= 0.3 is 0 Å². The van der Waals surface area contributed by atoms with Crippen molar-refractivity contribution in [3.8, 4) is 22.3 Å². The monoisotopic (exact) mass is 394 g/mol. The zero-order chi connectivity index (χ0) is 20.1. The van der Waals surface area contributed by atoms with Crippen molar-refractivity contribution in [2.45, 2.75) is 12.8 Å². The fourth-order valence-corrected chi connectivity index (χ4v) is 6.05. The maximum absolute atomic E-state index is 4.82. The van der Waals surface area contributed by atoms with Gasteiger partial charge < -0.3 is 0 Å². The van der Waals surface area contributed by atoms with Gasteiger partial charge in [0.1, 0.15) is 5.65 Å². The fraction of sp³-hybridized carbons (Fsp3) is 0.0690. The van der Waals surface area contributed by atoms with Crippen LogP contribution in [0.1, 0.15) is 22.3 Å². The van der Waals surface area contributed by atoms with Crippen molar-refractivity contribution in [1.82, 2.24) is 9.38 Å². The first kappa shape index (κ1) is 15.9. The first-order valence-electron chi connectivity index (χ1n) is 10.9. The Morgan fingerprint density at radius 2 is 1.45 bits per heavy atom. The normalized spacial score (nSPS) is 13.5. The summed E-state index contributed by atoms with van der Waals surface area (Å²) in [5.41, 5.74) is 13.8.